The van der Waals surface area contributed by atoms with Gasteiger partial charge in [0.05, 0.1) is 0 Å². The van der Waals surface area contributed by atoms with Gasteiger partial charge in [0, 0.05) is 30.7 Å². The van der Waals surface area contributed by atoms with Gasteiger partial charge in [0.2, 0.25) is 0 Å². The molecule has 1 aliphatic rings. The van der Waals surface area contributed by atoms with Crippen LogP contribution < -0.4 is 5.32 Å². The van der Waals surface area contributed by atoms with Gasteiger partial charge in [-0.05, 0) is 60.7 Å². The van der Waals surface area contributed by atoms with E-state index in [4.69, 9.17) is 0 Å². The molecule has 0 aliphatic carbocycles. The zero-order valence-electron chi connectivity index (χ0n) is 14.0. The van der Waals surface area contributed by atoms with Gasteiger partial charge in [-0.3, -0.25) is 4.90 Å². The Morgan fingerprint density at radius 3 is 2.53 bits per heavy atom. The standard InChI is InChI=1S/C16H35N3/c1-7-9-14(12-17-16(2,3)4)19-11-8-10-15(13-19)18(5)6/h14-15,17H,7-13H2,1-6H3. The van der Waals surface area contributed by atoms with Crippen LogP contribution in [0.15, 0.2) is 0 Å². The van der Waals surface area contributed by atoms with Gasteiger partial charge in [-0.15, -0.1) is 0 Å². The monoisotopic (exact) mass is 269 g/mol. The van der Waals surface area contributed by atoms with Crippen LogP contribution in [-0.2, 0) is 0 Å². The molecular weight excluding hydrogens is 234 g/mol. The van der Waals surface area contributed by atoms with E-state index in [2.05, 4.69) is 56.9 Å². The Morgan fingerprint density at radius 2 is 2.00 bits per heavy atom. The Bertz CT molecular complexity index is 245. The highest BCUT2D eigenvalue weighted by molar-refractivity contribution is 4.85. The molecule has 3 heteroatoms. The fourth-order valence-corrected chi connectivity index (χ4v) is 2.91. The summed E-state index contributed by atoms with van der Waals surface area (Å²) in [5, 5.41) is 3.69. The fraction of sp³-hybridized carbons (Fsp3) is 1.00. The van der Waals surface area contributed by atoms with Crippen LogP contribution in [0.4, 0.5) is 0 Å². The van der Waals surface area contributed by atoms with Gasteiger partial charge in [-0.25, -0.2) is 0 Å². The predicted molar refractivity (Wildman–Crippen MR) is 84.7 cm³/mol. The molecule has 0 bridgehead atoms. The lowest BCUT2D eigenvalue weighted by Crippen LogP contribution is -2.53. The van der Waals surface area contributed by atoms with Crippen LogP contribution >= 0.6 is 0 Å². The summed E-state index contributed by atoms with van der Waals surface area (Å²) in [5.74, 6) is 0. The van der Waals surface area contributed by atoms with Crippen molar-refractivity contribution < 1.29 is 0 Å². The molecule has 3 nitrogen and oxygen atoms in total. The fourth-order valence-electron chi connectivity index (χ4n) is 2.91. The average molecular weight is 269 g/mol. The number of hydrogen-bond acceptors (Lipinski definition) is 3. The van der Waals surface area contributed by atoms with E-state index in [0.29, 0.717) is 6.04 Å². The van der Waals surface area contributed by atoms with Crippen LogP contribution in [-0.4, -0.2) is 61.2 Å². The van der Waals surface area contributed by atoms with Crippen LogP contribution in [0.5, 0.6) is 0 Å². The quantitative estimate of drug-likeness (QED) is 0.799. The maximum atomic E-state index is 3.69. The molecule has 114 valence electrons. The van der Waals surface area contributed by atoms with Crippen LogP contribution in [0.1, 0.15) is 53.4 Å². The Hall–Kier alpha value is -0.120. The normalized spacial score (nSPS) is 23.8. The van der Waals surface area contributed by atoms with Crippen molar-refractivity contribution in [1.82, 2.24) is 15.1 Å². The molecule has 1 rings (SSSR count). The summed E-state index contributed by atoms with van der Waals surface area (Å²) in [6.07, 6.45) is 5.29. The Balaban J connectivity index is 2.54. The zero-order chi connectivity index (χ0) is 14.5. The lowest BCUT2D eigenvalue weighted by molar-refractivity contribution is 0.0877. The SMILES string of the molecule is CCCC(CNC(C)(C)C)N1CCCC(N(C)C)C1. The first-order valence-electron chi connectivity index (χ1n) is 7.99. The molecule has 0 amide bonds. The largest absolute Gasteiger partial charge is 0.311 e. The molecule has 2 unspecified atom stereocenters. The van der Waals surface area contributed by atoms with Crippen molar-refractivity contribution in [2.45, 2.75) is 71.0 Å². The lowest BCUT2D eigenvalue weighted by Gasteiger charge is -2.41. The van der Waals surface area contributed by atoms with Gasteiger partial charge >= 0.3 is 0 Å². The van der Waals surface area contributed by atoms with Crippen LogP contribution in [0, 0.1) is 0 Å². The molecule has 1 aliphatic heterocycles. The van der Waals surface area contributed by atoms with Crippen LogP contribution in [0.2, 0.25) is 0 Å². The molecule has 1 N–H and O–H groups in total. The van der Waals surface area contributed by atoms with Crippen molar-refractivity contribution in [3.8, 4) is 0 Å². The summed E-state index contributed by atoms with van der Waals surface area (Å²) in [5.41, 5.74) is 0.225. The number of likely N-dealkylation sites (N-methyl/N-ethyl adjacent to an activating group) is 1. The molecule has 1 heterocycles. The lowest BCUT2D eigenvalue weighted by atomic mass is 10.00. The summed E-state index contributed by atoms with van der Waals surface area (Å²) < 4.78 is 0. The van der Waals surface area contributed by atoms with Crippen molar-refractivity contribution in [2.75, 3.05) is 33.7 Å². The molecule has 0 spiro atoms. The molecule has 2 atom stereocenters. The van der Waals surface area contributed by atoms with Crippen molar-refractivity contribution >= 4 is 0 Å². The third kappa shape index (κ3) is 6.24. The highest BCUT2D eigenvalue weighted by atomic mass is 15.2. The Morgan fingerprint density at radius 1 is 1.32 bits per heavy atom. The number of likely N-dealkylation sites (tertiary alicyclic amines) is 1. The van der Waals surface area contributed by atoms with E-state index in [-0.39, 0.29) is 5.54 Å². The van der Waals surface area contributed by atoms with Gasteiger partial charge in [-0.1, -0.05) is 13.3 Å². The molecule has 0 aromatic heterocycles. The van der Waals surface area contributed by atoms with Gasteiger partial charge in [0.25, 0.3) is 0 Å². The number of hydrogen-bond donors (Lipinski definition) is 1. The van der Waals surface area contributed by atoms with Gasteiger partial charge in [0.15, 0.2) is 0 Å². The van der Waals surface area contributed by atoms with E-state index in [1.165, 1.54) is 38.8 Å². The van der Waals surface area contributed by atoms with E-state index in [1.807, 2.05) is 0 Å². The molecule has 1 saturated heterocycles. The first kappa shape index (κ1) is 16.9. The topological polar surface area (TPSA) is 18.5 Å². The van der Waals surface area contributed by atoms with Crippen LogP contribution in [0.25, 0.3) is 0 Å². The van der Waals surface area contributed by atoms with Crippen molar-refractivity contribution in [2.24, 2.45) is 0 Å². The maximum Gasteiger partial charge on any atom is 0.0221 e. The number of nitrogens with zero attached hydrogens (tertiary/aromatic N) is 2. The molecule has 1 fully saturated rings. The summed E-state index contributed by atoms with van der Waals surface area (Å²) >= 11 is 0. The minimum atomic E-state index is 0.225. The molecule has 19 heavy (non-hydrogen) atoms. The van der Waals surface area contributed by atoms with Gasteiger partial charge in [-0.2, -0.15) is 0 Å². The van der Waals surface area contributed by atoms with E-state index in [9.17, 15) is 0 Å². The second kappa shape index (κ2) is 7.61. The van der Waals surface area contributed by atoms with E-state index >= 15 is 0 Å². The second-order valence-electron chi connectivity index (χ2n) is 7.33. The smallest absolute Gasteiger partial charge is 0.0221 e. The Kier molecular flexibility index (Phi) is 6.78. The minimum absolute atomic E-state index is 0.225. The molecule has 0 aromatic rings. The number of rotatable bonds is 6. The molecule has 0 aromatic carbocycles. The third-order valence-electron chi connectivity index (χ3n) is 4.16. The van der Waals surface area contributed by atoms with Crippen LogP contribution in [0.3, 0.4) is 0 Å². The Labute approximate surface area is 120 Å². The first-order valence-corrected chi connectivity index (χ1v) is 7.99. The highest BCUT2D eigenvalue weighted by Crippen LogP contribution is 2.18. The number of piperidine rings is 1. The summed E-state index contributed by atoms with van der Waals surface area (Å²) in [6, 6.07) is 1.44. The summed E-state index contributed by atoms with van der Waals surface area (Å²) in [6.45, 7) is 12.7. The van der Waals surface area contributed by atoms with E-state index < -0.39 is 0 Å². The maximum absolute atomic E-state index is 3.69. The second-order valence-corrected chi connectivity index (χ2v) is 7.33. The first-order chi connectivity index (χ1) is 8.83. The minimum Gasteiger partial charge on any atom is -0.311 e. The molecule has 0 radical (unpaired) electrons. The summed E-state index contributed by atoms with van der Waals surface area (Å²) in [7, 11) is 4.44. The van der Waals surface area contributed by atoms with Crippen molar-refractivity contribution in [3.05, 3.63) is 0 Å². The zero-order valence-corrected chi connectivity index (χ0v) is 14.0. The third-order valence-corrected chi connectivity index (χ3v) is 4.16. The highest BCUT2D eigenvalue weighted by Gasteiger charge is 2.27. The summed E-state index contributed by atoms with van der Waals surface area (Å²) in [4.78, 5) is 5.11. The van der Waals surface area contributed by atoms with Gasteiger partial charge in [0.1, 0.15) is 0 Å². The number of nitrogens with one attached hydrogen (secondary N) is 1. The van der Waals surface area contributed by atoms with Crippen molar-refractivity contribution in [3.63, 3.8) is 0 Å². The molecule has 0 saturated carbocycles. The van der Waals surface area contributed by atoms with E-state index in [0.717, 1.165) is 12.6 Å². The van der Waals surface area contributed by atoms with Gasteiger partial charge < -0.3 is 10.2 Å². The molecular formula is C16H35N3. The average Bonchev–Trinajstić information content (AvgIpc) is 2.33. The predicted octanol–water partition coefficient (Wildman–Crippen LogP) is 2.57. The van der Waals surface area contributed by atoms with Crippen molar-refractivity contribution in [1.29, 1.82) is 0 Å². The van der Waals surface area contributed by atoms with E-state index in [1.54, 1.807) is 0 Å².